The van der Waals surface area contributed by atoms with Crippen molar-refractivity contribution in [1.29, 1.82) is 0 Å². The van der Waals surface area contributed by atoms with Gasteiger partial charge in [-0.15, -0.1) is 0 Å². The monoisotopic (exact) mass is 422 g/mol. The van der Waals surface area contributed by atoms with Crippen LogP contribution in [0.25, 0.3) is 0 Å². The predicted octanol–water partition coefficient (Wildman–Crippen LogP) is 2.37. The van der Waals surface area contributed by atoms with Gasteiger partial charge in [-0.2, -0.15) is 0 Å². The van der Waals surface area contributed by atoms with Crippen molar-refractivity contribution in [3.8, 4) is 0 Å². The molecular weight excluding hydrogens is 384 g/mol. The topological polar surface area (TPSA) is 101 Å². The van der Waals surface area contributed by atoms with Crippen molar-refractivity contribution in [1.82, 2.24) is 0 Å². The van der Waals surface area contributed by atoms with Crippen molar-refractivity contribution >= 4 is 17.5 Å². The minimum absolute atomic E-state index is 0.0418. The zero-order chi connectivity index (χ0) is 27.4. The molecule has 0 amide bonds. The number of hydrogen-bond donors (Lipinski definition) is 2. The Balaban J connectivity index is 1.94. The van der Waals surface area contributed by atoms with Crippen LogP contribution in [0.5, 0.6) is 0 Å². The predicted molar refractivity (Wildman–Crippen MR) is 109 cm³/mol. The third kappa shape index (κ3) is 2.79. The molecule has 0 aliphatic heterocycles. The van der Waals surface area contributed by atoms with E-state index in [4.69, 9.17) is 11.6 Å². The van der Waals surface area contributed by atoms with Gasteiger partial charge < -0.3 is 14.9 Å². The van der Waals surface area contributed by atoms with E-state index in [-0.39, 0.29) is 24.8 Å². The van der Waals surface area contributed by atoms with Gasteiger partial charge in [0, 0.05) is 29.1 Å². The van der Waals surface area contributed by atoms with Crippen molar-refractivity contribution in [2.24, 2.45) is 34.5 Å². The summed E-state index contributed by atoms with van der Waals surface area (Å²) in [6.07, 6.45) is -3.90. The number of carbonyl (C=O) groups is 3. The first kappa shape index (κ1) is 15.1. The third-order valence-corrected chi connectivity index (χ3v) is 7.70. The molecule has 3 fully saturated rings. The average Bonchev–Trinajstić information content (AvgIpc) is 3.04. The lowest BCUT2D eigenvalue weighted by molar-refractivity contribution is -0.182. The summed E-state index contributed by atoms with van der Waals surface area (Å²) in [6, 6.07) is -1.15. The van der Waals surface area contributed by atoms with E-state index in [0.717, 1.165) is 13.0 Å². The summed E-state index contributed by atoms with van der Waals surface area (Å²) in [5, 5.41) is 23.3. The molecular formula is C24H32O6. The number of allylic oxidation sites excluding steroid dienone is 4. The Morgan fingerprint density at radius 1 is 1.43 bits per heavy atom. The maximum Gasteiger partial charge on any atom is 0.303 e. The molecule has 30 heavy (non-hydrogen) atoms. The van der Waals surface area contributed by atoms with Crippen LogP contribution in [-0.2, 0) is 19.1 Å². The van der Waals surface area contributed by atoms with Crippen LogP contribution < -0.4 is 0 Å². The lowest BCUT2D eigenvalue weighted by atomic mass is 9.45. The van der Waals surface area contributed by atoms with Crippen molar-refractivity contribution < 1.29 is 37.6 Å². The van der Waals surface area contributed by atoms with E-state index in [1.807, 2.05) is 0 Å². The lowest BCUT2D eigenvalue weighted by Crippen LogP contribution is -2.62. The molecule has 4 aliphatic rings. The highest BCUT2D eigenvalue weighted by Crippen LogP contribution is 2.67. The fourth-order valence-electron chi connectivity index (χ4n) is 6.24. The molecule has 0 heterocycles. The molecule has 3 saturated carbocycles. The Morgan fingerprint density at radius 3 is 2.80 bits per heavy atom. The number of hydrogen-bond acceptors (Lipinski definition) is 6. The van der Waals surface area contributed by atoms with Crippen LogP contribution in [0.3, 0.4) is 0 Å². The van der Waals surface area contributed by atoms with Gasteiger partial charge in [-0.3, -0.25) is 14.4 Å². The first-order valence-electron chi connectivity index (χ1n) is 13.3. The summed E-state index contributed by atoms with van der Waals surface area (Å²) < 4.78 is 58.1. The number of aliphatic hydroxyl groups is 2. The van der Waals surface area contributed by atoms with Gasteiger partial charge in [0.1, 0.15) is 5.60 Å². The SMILES string of the molecule is [2H]C1=C[C@@]2(C)C(=C([2H])C1=O)[C@@]([2H])(C)CC1[C@@H]3CC[C@](O)(C(=O)COC(C)=O)[C@@]3(C)C([2H])([2H])[C@H](O)[C@@]12[2H]. The molecule has 164 valence electrons. The van der Waals surface area contributed by atoms with Crippen LogP contribution in [0.2, 0.25) is 0 Å². The highest BCUT2D eigenvalue weighted by atomic mass is 16.5. The average molecular weight is 423 g/mol. The number of carbonyl (C=O) groups excluding carboxylic acids is 3. The summed E-state index contributed by atoms with van der Waals surface area (Å²) >= 11 is 0. The fourth-order valence-corrected chi connectivity index (χ4v) is 6.24. The third-order valence-electron chi connectivity index (χ3n) is 7.70. The zero-order valence-corrected chi connectivity index (χ0v) is 17.7. The van der Waals surface area contributed by atoms with Gasteiger partial charge in [-0.1, -0.05) is 32.4 Å². The van der Waals surface area contributed by atoms with Crippen molar-refractivity contribution in [2.45, 2.75) is 65.0 Å². The van der Waals surface area contributed by atoms with Gasteiger partial charge >= 0.3 is 5.97 Å². The number of esters is 1. The maximum atomic E-state index is 13.1. The quantitative estimate of drug-likeness (QED) is 0.677. The molecule has 6 nitrogen and oxygen atoms in total. The normalized spacial score (nSPS) is 57.2. The summed E-state index contributed by atoms with van der Waals surface area (Å²) in [5.74, 6) is -8.01. The van der Waals surface area contributed by atoms with Crippen LogP contribution in [0.4, 0.5) is 0 Å². The van der Waals surface area contributed by atoms with Gasteiger partial charge in [0.05, 0.1) is 8.85 Å². The highest BCUT2D eigenvalue weighted by Gasteiger charge is 2.68. The van der Waals surface area contributed by atoms with Crippen LogP contribution >= 0.6 is 0 Å². The smallest absolute Gasteiger partial charge is 0.303 e. The van der Waals surface area contributed by atoms with Crippen LogP contribution in [0.15, 0.2) is 23.8 Å². The molecule has 4 aliphatic carbocycles. The molecule has 4 rings (SSSR count). The molecule has 8 atom stereocenters. The number of aliphatic hydroxyl groups excluding tert-OH is 1. The second-order valence-electron chi connectivity index (χ2n) is 9.32. The van der Waals surface area contributed by atoms with E-state index in [1.54, 1.807) is 0 Å². The molecule has 0 radical (unpaired) electrons. The Bertz CT molecular complexity index is 1130. The molecule has 0 bridgehead atoms. The standard InChI is InChI=1S/C24H32O6/c1-13-9-16-17-6-8-24(29,20(28)12-30-14(2)25)23(17,4)11-19(27)21(16)22(3)7-5-15(26)10-18(13)22/h5,7,10,13,16-17,19,21,27,29H,6,8-9,11-12H2,1-4H3/t13-,16?,17-,19-,21+,22-,23-,24-/m0/s1/i5D,10D,11D2,13D,21D. The zero-order valence-electron chi connectivity index (χ0n) is 23.7. The highest BCUT2D eigenvalue weighted by molar-refractivity contribution is 6.01. The van der Waals surface area contributed by atoms with Gasteiger partial charge in [-0.05, 0) is 55.5 Å². The van der Waals surface area contributed by atoms with E-state index >= 15 is 0 Å². The van der Waals surface area contributed by atoms with Gasteiger partial charge in [0.25, 0.3) is 0 Å². The Labute approximate surface area is 185 Å². The molecule has 0 saturated heterocycles. The Kier molecular flexibility index (Phi) is 3.45. The largest absolute Gasteiger partial charge is 0.458 e. The molecule has 0 aromatic carbocycles. The molecule has 2 N–H and O–H groups in total. The molecule has 0 spiro atoms. The lowest BCUT2D eigenvalue weighted by Gasteiger charge is -2.60. The van der Waals surface area contributed by atoms with E-state index in [0.29, 0.717) is 0 Å². The van der Waals surface area contributed by atoms with E-state index < -0.39 is 88.8 Å². The van der Waals surface area contributed by atoms with Crippen LogP contribution in [0.1, 0.15) is 61.6 Å². The van der Waals surface area contributed by atoms with Crippen molar-refractivity contribution in [3.05, 3.63) is 23.8 Å². The minimum atomic E-state index is -2.73. The molecule has 0 aromatic rings. The van der Waals surface area contributed by atoms with Crippen LogP contribution in [0, 0.1) is 34.5 Å². The number of fused-ring (bicyclic) bond motifs is 5. The minimum Gasteiger partial charge on any atom is -0.458 e. The fraction of sp³-hybridized carbons (Fsp3) is 0.708. The summed E-state index contributed by atoms with van der Waals surface area (Å²) in [7, 11) is 0. The summed E-state index contributed by atoms with van der Waals surface area (Å²) in [6.45, 7) is 4.64. The van der Waals surface area contributed by atoms with Gasteiger partial charge in [0.2, 0.25) is 5.78 Å². The van der Waals surface area contributed by atoms with Crippen molar-refractivity contribution in [2.75, 3.05) is 6.61 Å². The van der Waals surface area contributed by atoms with E-state index in [2.05, 4.69) is 0 Å². The number of Topliss-reactive ketones (excluding diaryl/α,β-unsaturated/α-hetero) is 1. The number of ketones is 2. The summed E-state index contributed by atoms with van der Waals surface area (Å²) in [4.78, 5) is 36.9. The molecule has 1 unspecified atom stereocenters. The first-order valence-corrected chi connectivity index (χ1v) is 10.3. The second kappa shape index (κ2) is 6.86. The van der Waals surface area contributed by atoms with Crippen LogP contribution in [-0.4, -0.2) is 46.1 Å². The Hall–Kier alpha value is -1.79. The van der Waals surface area contributed by atoms with Gasteiger partial charge in [-0.25, -0.2) is 0 Å². The number of rotatable bonds is 3. The molecule has 6 heteroatoms. The first-order chi connectivity index (χ1) is 16.2. The molecule has 0 aromatic heterocycles. The number of ether oxygens (including phenoxy) is 1. The Morgan fingerprint density at radius 2 is 2.13 bits per heavy atom. The summed E-state index contributed by atoms with van der Waals surface area (Å²) in [5.41, 5.74) is -5.96. The van der Waals surface area contributed by atoms with Crippen molar-refractivity contribution in [3.63, 3.8) is 0 Å². The van der Waals surface area contributed by atoms with E-state index in [9.17, 15) is 26.0 Å². The second-order valence-corrected chi connectivity index (χ2v) is 9.32. The maximum absolute atomic E-state index is 13.1. The van der Waals surface area contributed by atoms with E-state index in [1.165, 1.54) is 20.8 Å². The van der Waals surface area contributed by atoms with Gasteiger partial charge in [0.15, 0.2) is 12.4 Å².